The van der Waals surface area contributed by atoms with E-state index in [1.165, 1.54) is 12.1 Å². The van der Waals surface area contributed by atoms with Crippen LogP contribution < -0.4 is 16.0 Å². The average molecular weight is 329 g/mol. The van der Waals surface area contributed by atoms with E-state index in [-0.39, 0.29) is 12.6 Å². The maximum atomic E-state index is 12.9. The lowest BCUT2D eigenvalue weighted by atomic mass is 10.1. The number of hydrogen-bond acceptors (Lipinski definition) is 3. The molecule has 5 nitrogen and oxygen atoms in total. The summed E-state index contributed by atoms with van der Waals surface area (Å²) in [5.74, 6) is -1.34. The van der Waals surface area contributed by atoms with Gasteiger partial charge in [-0.3, -0.25) is 9.59 Å². The van der Waals surface area contributed by atoms with Crippen LogP contribution in [0.4, 0.5) is 13.2 Å². The zero-order chi connectivity index (χ0) is 16.9. The zero-order valence-corrected chi connectivity index (χ0v) is 12.4. The van der Waals surface area contributed by atoms with Crippen LogP contribution in [-0.2, 0) is 11.0 Å². The Bertz CT molecular complexity index is 569. The summed E-state index contributed by atoms with van der Waals surface area (Å²) in [6.07, 6.45) is -2.84. The van der Waals surface area contributed by atoms with E-state index in [1.807, 2.05) is 0 Å². The van der Waals surface area contributed by atoms with Crippen LogP contribution in [0.25, 0.3) is 0 Å². The maximum Gasteiger partial charge on any atom is 0.417 e. The van der Waals surface area contributed by atoms with Gasteiger partial charge in [0.15, 0.2) is 0 Å². The van der Waals surface area contributed by atoms with Crippen molar-refractivity contribution >= 4 is 11.8 Å². The minimum atomic E-state index is -4.62. The molecular weight excluding hydrogens is 311 g/mol. The fourth-order valence-electron chi connectivity index (χ4n) is 2.44. The molecule has 0 aliphatic carbocycles. The van der Waals surface area contributed by atoms with E-state index in [4.69, 9.17) is 0 Å². The number of hydrogen-bond donors (Lipinski definition) is 3. The van der Waals surface area contributed by atoms with Crippen LogP contribution in [0.5, 0.6) is 0 Å². The van der Waals surface area contributed by atoms with Gasteiger partial charge in [-0.1, -0.05) is 12.1 Å². The monoisotopic (exact) mass is 329 g/mol. The van der Waals surface area contributed by atoms with Crippen molar-refractivity contribution in [3.05, 3.63) is 35.4 Å². The predicted octanol–water partition coefficient (Wildman–Crippen LogP) is 1.30. The first-order valence-electron chi connectivity index (χ1n) is 7.32. The van der Waals surface area contributed by atoms with Crippen molar-refractivity contribution in [2.45, 2.75) is 25.1 Å². The summed E-state index contributed by atoms with van der Waals surface area (Å²) < 4.78 is 38.6. The minimum absolute atomic E-state index is 0.0180. The molecule has 1 aromatic rings. The Kier molecular flexibility index (Phi) is 5.59. The van der Waals surface area contributed by atoms with Gasteiger partial charge < -0.3 is 16.0 Å². The third-order valence-electron chi connectivity index (χ3n) is 3.55. The molecule has 3 N–H and O–H groups in total. The highest BCUT2D eigenvalue weighted by Crippen LogP contribution is 2.31. The van der Waals surface area contributed by atoms with Gasteiger partial charge in [-0.15, -0.1) is 0 Å². The molecule has 1 heterocycles. The Labute approximate surface area is 131 Å². The SMILES string of the molecule is O=C(CNC(=O)c1ccccc1C(F)(F)F)N[C@H]1CCCNC1. The summed E-state index contributed by atoms with van der Waals surface area (Å²) >= 11 is 0. The molecule has 2 rings (SSSR count). The number of carbonyl (C=O) groups excluding carboxylic acids is 2. The van der Waals surface area contributed by atoms with Gasteiger partial charge in [0.1, 0.15) is 0 Å². The van der Waals surface area contributed by atoms with Crippen molar-refractivity contribution in [3.8, 4) is 0 Å². The summed E-state index contributed by atoms with van der Waals surface area (Å²) in [7, 11) is 0. The van der Waals surface area contributed by atoms with E-state index >= 15 is 0 Å². The number of rotatable bonds is 4. The topological polar surface area (TPSA) is 70.2 Å². The molecule has 1 aliphatic heterocycles. The molecule has 1 aromatic carbocycles. The summed E-state index contributed by atoms with van der Waals surface area (Å²) in [5.41, 5.74) is -1.51. The van der Waals surface area contributed by atoms with Crippen molar-refractivity contribution in [3.63, 3.8) is 0 Å². The molecule has 1 aliphatic rings. The third kappa shape index (κ3) is 4.95. The molecule has 0 saturated carbocycles. The highest BCUT2D eigenvalue weighted by Gasteiger charge is 2.34. The van der Waals surface area contributed by atoms with Crippen molar-refractivity contribution in [1.29, 1.82) is 0 Å². The van der Waals surface area contributed by atoms with E-state index in [1.54, 1.807) is 0 Å². The number of halogens is 3. The number of carbonyl (C=O) groups is 2. The standard InChI is InChI=1S/C15H18F3N3O2/c16-15(17,18)12-6-2-1-5-11(12)14(23)20-9-13(22)21-10-4-3-7-19-8-10/h1-2,5-6,10,19H,3-4,7-9H2,(H,20,23)(H,21,22)/t10-/m0/s1. The van der Waals surface area contributed by atoms with Gasteiger partial charge in [0.2, 0.25) is 5.91 Å². The quantitative estimate of drug-likeness (QED) is 0.780. The van der Waals surface area contributed by atoms with Gasteiger partial charge in [0, 0.05) is 12.6 Å². The predicted molar refractivity (Wildman–Crippen MR) is 77.8 cm³/mol. The van der Waals surface area contributed by atoms with E-state index in [0.29, 0.717) is 6.54 Å². The molecule has 23 heavy (non-hydrogen) atoms. The van der Waals surface area contributed by atoms with Gasteiger partial charge in [-0.25, -0.2) is 0 Å². The van der Waals surface area contributed by atoms with Crippen LogP contribution in [0.15, 0.2) is 24.3 Å². The van der Waals surface area contributed by atoms with Crippen molar-refractivity contribution in [2.75, 3.05) is 19.6 Å². The van der Waals surface area contributed by atoms with Crippen molar-refractivity contribution < 1.29 is 22.8 Å². The van der Waals surface area contributed by atoms with E-state index in [0.717, 1.165) is 31.5 Å². The van der Waals surface area contributed by atoms with E-state index < -0.39 is 29.1 Å². The summed E-state index contributed by atoms with van der Waals surface area (Å²) in [6.45, 7) is 1.19. The first-order chi connectivity index (χ1) is 10.9. The molecule has 8 heteroatoms. The Morgan fingerprint density at radius 2 is 2.00 bits per heavy atom. The first kappa shape index (κ1) is 17.3. The lowest BCUT2D eigenvalue weighted by Gasteiger charge is -2.23. The lowest BCUT2D eigenvalue weighted by Crippen LogP contribution is -2.48. The smallest absolute Gasteiger partial charge is 0.351 e. The van der Waals surface area contributed by atoms with E-state index in [9.17, 15) is 22.8 Å². The Morgan fingerprint density at radius 1 is 1.26 bits per heavy atom. The van der Waals surface area contributed by atoms with Gasteiger partial charge in [-0.05, 0) is 31.5 Å². The van der Waals surface area contributed by atoms with Crippen molar-refractivity contribution in [1.82, 2.24) is 16.0 Å². The molecule has 0 unspecified atom stereocenters. The number of piperidine rings is 1. The highest BCUT2D eigenvalue weighted by molar-refractivity contribution is 5.97. The van der Waals surface area contributed by atoms with Gasteiger partial charge >= 0.3 is 6.18 Å². The third-order valence-corrected chi connectivity index (χ3v) is 3.55. The van der Waals surface area contributed by atoms with E-state index in [2.05, 4.69) is 16.0 Å². The van der Waals surface area contributed by atoms with Crippen LogP contribution in [-0.4, -0.2) is 37.5 Å². The Balaban J connectivity index is 1.91. The first-order valence-corrected chi connectivity index (χ1v) is 7.32. The largest absolute Gasteiger partial charge is 0.417 e. The molecule has 0 radical (unpaired) electrons. The second-order valence-electron chi connectivity index (χ2n) is 5.34. The van der Waals surface area contributed by atoms with Gasteiger partial charge in [0.25, 0.3) is 5.91 Å². The fraction of sp³-hybridized carbons (Fsp3) is 0.467. The second-order valence-corrected chi connectivity index (χ2v) is 5.34. The molecule has 0 aromatic heterocycles. The number of benzene rings is 1. The minimum Gasteiger partial charge on any atom is -0.351 e. The average Bonchev–Trinajstić information content (AvgIpc) is 2.53. The molecular formula is C15H18F3N3O2. The summed E-state index contributed by atoms with van der Waals surface area (Å²) in [6, 6.07) is 4.46. The summed E-state index contributed by atoms with van der Waals surface area (Å²) in [5, 5.41) is 8.09. The van der Waals surface area contributed by atoms with Crippen LogP contribution in [0.2, 0.25) is 0 Å². The maximum absolute atomic E-state index is 12.9. The van der Waals surface area contributed by atoms with Crippen LogP contribution in [0, 0.1) is 0 Å². The summed E-state index contributed by atoms with van der Waals surface area (Å²) in [4.78, 5) is 23.7. The normalized spacial score (nSPS) is 18.3. The highest BCUT2D eigenvalue weighted by atomic mass is 19.4. The van der Waals surface area contributed by atoms with Gasteiger partial charge in [-0.2, -0.15) is 13.2 Å². The molecule has 0 spiro atoms. The Morgan fingerprint density at radius 3 is 2.65 bits per heavy atom. The number of amides is 2. The molecule has 1 saturated heterocycles. The van der Waals surface area contributed by atoms with Gasteiger partial charge in [0.05, 0.1) is 17.7 Å². The number of nitrogens with one attached hydrogen (secondary N) is 3. The fourth-order valence-corrected chi connectivity index (χ4v) is 2.44. The molecule has 2 amide bonds. The van der Waals surface area contributed by atoms with Crippen molar-refractivity contribution in [2.24, 2.45) is 0 Å². The number of alkyl halides is 3. The molecule has 126 valence electrons. The van der Waals surface area contributed by atoms with Crippen LogP contribution in [0.3, 0.4) is 0 Å². The molecule has 0 bridgehead atoms. The lowest BCUT2D eigenvalue weighted by molar-refractivity contribution is -0.137. The Hall–Kier alpha value is -2.09. The van der Waals surface area contributed by atoms with Crippen LogP contribution in [0.1, 0.15) is 28.8 Å². The molecule has 1 atom stereocenters. The second kappa shape index (κ2) is 7.45. The van der Waals surface area contributed by atoms with Crippen LogP contribution >= 0.6 is 0 Å². The molecule has 1 fully saturated rings. The zero-order valence-electron chi connectivity index (χ0n) is 12.4.